The van der Waals surface area contributed by atoms with Crippen LogP contribution in [0.4, 0.5) is 14.5 Å². The summed E-state index contributed by atoms with van der Waals surface area (Å²) in [6, 6.07) is 4.79. The first-order chi connectivity index (χ1) is 18.6. The summed E-state index contributed by atoms with van der Waals surface area (Å²) in [5.74, 6) is -0.442. The van der Waals surface area contributed by atoms with E-state index >= 15 is 0 Å². The predicted octanol–water partition coefficient (Wildman–Crippen LogP) is 3.98. The lowest BCUT2D eigenvalue weighted by Crippen LogP contribution is -2.56. The van der Waals surface area contributed by atoms with E-state index < -0.39 is 23.2 Å². The second-order valence-corrected chi connectivity index (χ2v) is 11.5. The lowest BCUT2D eigenvalue weighted by molar-refractivity contribution is -0.130. The van der Waals surface area contributed by atoms with Crippen LogP contribution in [-0.4, -0.2) is 66.3 Å². The minimum atomic E-state index is -3.03. The summed E-state index contributed by atoms with van der Waals surface area (Å²) in [6.45, 7) is 5.90. The summed E-state index contributed by atoms with van der Waals surface area (Å²) in [5.41, 5.74) is 0.482. The smallest absolute Gasteiger partial charge is 0.387 e. The molecule has 212 valence electrons. The van der Waals surface area contributed by atoms with Crippen LogP contribution < -0.4 is 10.1 Å². The van der Waals surface area contributed by atoms with E-state index in [1.807, 2.05) is 13.8 Å². The Bertz CT molecular complexity index is 1220. The monoisotopic (exact) mass is 546 g/mol. The number of hydrogen-bond acceptors (Lipinski definition) is 7. The highest BCUT2D eigenvalue weighted by molar-refractivity contribution is 5.98. The number of aryl methyl sites for hydroxylation is 1. The molecule has 0 saturated carbocycles. The van der Waals surface area contributed by atoms with E-state index in [0.29, 0.717) is 65.1 Å². The average molecular weight is 547 g/mol. The van der Waals surface area contributed by atoms with Crippen molar-refractivity contribution in [3.8, 4) is 5.75 Å². The van der Waals surface area contributed by atoms with Crippen molar-refractivity contribution in [2.24, 2.45) is 5.41 Å². The summed E-state index contributed by atoms with van der Waals surface area (Å²) >= 11 is 0. The number of carbonyl (C=O) groups is 2. The van der Waals surface area contributed by atoms with Crippen LogP contribution in [-0.2, 0) is 36.8 Å². The largest absolute Gasteiger partial charge is 0.433 e. The third-order valence-electron chi connectivity index (χ3n) is 8.39. The Morgan fingerprint density at radius 1 is 1.21 bits per heavy atom. The lowest BCUT2D eigenvalue weighted by atomic mass is 9.79. The molecule has 1 aromatic heterocycles. The molecular weight excluding hydrogens is 510 g/mol. The van der Waals surface area contributed by atoms with Gasteiger partial charge in [0.05, 0.1) is 24.2 Å². The highest BCUT2D eigenvalue weighted by Gasteiger charge is 2.50. The van der Waals surface area contributed by atoms with Gasteiger partial charge in [-0.1, -0.05) is 6.07 Å². The van der Waals surface area contributed by atoms with Crippen molar-refractivity contribution in [1.82, 2.24) is 14.7 Å². The Morgan fingerprint density at radius 2 is 1.92 bits per heavy atom. The Kier molecular flexibility index (Phi) is 7.51. The molecule has 0 bridgehead atoms. The molecule has 0 radical (unpaired) electrons. The van der Waals surface area contributed by atoms with Gasteiger partial charge < -0.3 is 29.2 Å². The van der Waals surface area contributed by atoms with Crippen molar-refractivity contribution >= 4 is 17.9 Å². The number of nitrogens with one attached hydrogen (secondary N) is 1. The van der Waals surface area contributed by atoms with Crippen LogP contribution in [0.2, 0.25) is 0 Å². The van der Waals surface area contributed by atoms with E-state index in [0.717, 1.165) is 23.1 Å². The number of likely N-dealkylation sites (tertiary alicyclic amines) is 1. The minimum absolute atomic E-state index is 0.0901. The number of rotatable bonds is 8. The van der Waals surface area contributed by atoms with Crippen LogP contribution in [0.15, 0.2) is 24.4 Å². The Hall–Kier alpha value is -2.89. The van der Waals surface area contributed by atoms with E-state index in [2.05, 4.69) is 15.3 Å². The molecular formula is C28H36F2N4O5. The summed E-state index contributed by atoms with van der Waals surface area (Å²) in [6.07, 6.45) is 5.00. The molecule has 3 aliphatic rings. The summed E-state index contributed by atoms with van der Waals surface area (Å²) in [4.78, 5) is 28.5. The van der Waals surface area contributed by atoms with Crippen molar-refractivity contribution in [3.63, 3.8) is 0 Å². The Labute approximate surface area is 226 Å². The minimum Gasteiger partial charge on any atom is -0.433 e. The molecule has 0 unspecified atom stereocenters. The van der Waals surface area contributed by atoms with Gasteiger partial charge >= 0.3 is 6.61 Å². The van der Waals surface area contributed by atoms with Crippen molar-refractivity contribution in [2.75, 3.05) is 38.2 Å². The number of aromatic nitrogens is 2. The normalized spacial score (nSPS) is 21.9. The van der Waals surface area contributed by atoms with Gasteiger partial charge in [-0.15, -0.1) is 0 Å². The second kappa shape index (κ2) is 10.6. The first kappa shape index (κ1) is 27.7. The number of carbonyl (C=O) groups excluding carboxylic acids is 2. The molecule has 1 N–H and O–H groups in total. The van der Waals surface area contributed by atoms with Gasteiger partial charge in [-0.25, -0.2) is 0 Å². The molecule has 5 rings (SSSR count). The van der Waals surface area contributed by atoms with E-state index in [1.165, 1.54) is 6.07 Å². The molecule has 0 atom stereocenters. The quantitative estimate of drug-likeness (QED) is 0.501. The van der Waals surface area contributed by atoms with Gasteiger partial charge in [-0.3, -0.25) is 9.48 Å². The van der Waals surface area contributed by atoms with Crippen molar-refractivity contribution in [1.29, 1.82) is 0 Å². The van der Waals surface area contributed by atoms with Gasteiger partial charge in [-0.2, -0.15) is 13.9 Å². The maximum atomic E-state index is 14.2. The molecule has 4 heterocycles. The zero-order chi connectivity index (χ0) is 27.8. The standard InChI is InChI=1S/C28H36F2N4O5/c1-19-4-5-21(22(14-19)39-25(29)30)32-24(36)28(34-23-20(15-31-34)16-38-26(23,2)3)6-10-33(11-7-28)17-27(18-35)8-12-37-13-9-27/h4-5,14-15,18,25H,6-13,16-17H2,1-3H3,(H,32,36). The number of fused-ring (bicyclic) bond motifs is 1. The fourth-order valence-corrected chi connectivity index (χ4v) is 6.10. The van der Waals surface area contributed by atoms with Crippen LogP contribution in [0.3, 0.4) is 0 Å². The summed E-state index contributed by atoms with van der Waals surface area (Å²) in [7, 11) is 0. The van der Waals surface area contributed by atoms with E-state index in [1.54, 1.807) is 29.9 Å². The van der Waals surface area contributed by atoms with E-state index in [4.69, 9.17) is 14.2 Å². The fourth-order valence-electron chi connectivity index (χ4n) is 6.10. The number of ether oxygens (including phenoxy) is 3. The van der Waals surface area contributed by atoms with Gasteiger partial charge in [0.25, 0.3) is 5.91 Å². The number of aldehydes is 1. The van der Waals surface area contributed by atoms with E-state index in [-0.39, 0.29) is 17.3 Å². The SMILES string of the molecule is Cc1ccc(NC(=O)C2(n3ncc4c3C(C)(C)OC4)CCN(CC3(C=O)CCOCC3)CC2)c(OC(F)F)c1. The second-order valence-electron chi connectivity index (χ2n) is 11.5. The first-order valence-electron chi connectivity index (χ1n) is 13.4. The van der Waals surface area contributed by atoms with Crippen LogP contribution >= 0.6 is 0 Å². The Balaban J connectivity index is 1.45. The zero-order valence-corrected chi connectivity index (χ0v) is 22.7. The summed E-state index contributed by atoms with van der Waals surface area (Å²) in [5, 5.41) is 7.57. The van der Waals surface area contributed by atoms with Crippen LogP contribution in [0.1, 0.15) is 56.4 Å². The number of anilines is 1. The zero-order valence-electron chi connectivity index (χ0n) is 22.7. The topological polar surface area (TPSA) is 94.9 Å². The molecule has 2 aromatic rings. The number of benzene rings is 1. The van der Waals surface area contributed by atoms with Gasteiger partial charge in [0, 0.05) is 43.8 Å². The summed E-state index contributed by atoms with van der Waals surface area (Å²) < 4.78 is 44.3. The molecule has 39 heavy (non-hydrogen) atoms. The number of hydrogen-bond donors (Lipinski definition) is 1. The lowest BCUT2D eigenvalue weighted by Gasteiger charge is -2.45. The van der Waals surface area contributed by atoms with Gasteiger partial charge in [0.2, 0.25) is 0 Å². The molecule has 0 spiro atoms. The number of amides is 1. The number of nitrogens with zero attached hydrogens (tertiary/aromatic N) is 3. The molecule has 0 aliphatic carbocycles. The molecule has 9 nitrogen and oxygen atoms in total. The number of halogens is 2. The Morgan fingerprint density at radius 3 is 2.59 bits per heavy atom. The van der Waals surface area contributed by atoms with Gasteiger partial charge in [0.1, 0.15) is 23.2 Å². The van der Waals surface area contributed by atoms with E-state index in [9.17, 15) is 18.4 Å². The highest BCUT2D eigenvalue weighted by Crippen LogP contribution is 2.43. The van der Waals surface area contributed by atoms with Crippen molar-refractivity contribution < 1.29 is 32.6 Å². The van der Waals surface area contributed by atoms with Crippen molar-refractivity contribution in [2.45, 2.75) is 70.8 Å². The molecule has 3 aliphatic heterocycles. The molecule has 2 fully saturated rings. The highest BCUT2D eigenvalue weighted by atomic mass is 19.3. The van der Waals surface area contributed by atoms with Gasteiger partial charge in [-0.05, 0) is 64.2 Å². The third-order valence-corrected chi connectivity index (χ3v) is 8.39. The van der Waals surface area contributed by atoms with Gasteiger partial charge in [0.15, 0.2) is 0 Å². The first-order valence-corrected chi connectivity index (χ1v) is 13.4. The van der Waals surface area contributed by atoms with Crippen LogP contribution in [0, 0.1) is 12.3 Å². The molecule has 11 heteroatoms. The third kappa shape index (κ3) is 5.31. The molecule has 2 saturated heterocycles. The predicted molar refractivity (Wildman–Crippen MR) is 139 cm³/mol. The van der Waals surface area contributed by atoms with Crippen molar-refractivity contribution in [3.05, 3.63) is 41.2 Å². The molecule has 1 aromatic carbocycles. The average Bonchev–Trinajstić information content (AvgIpc) is 3.47. The number of piperidine rings is 1. The van der Waals surface area contributed by atoms with Crippen LogP contribution in [0.5, 0.6) is 5.75 Å². The number of alkyl halides is 2. The maximum Gasteiger partial charge on any atom is 0.387 e. The maximum absolute atomic E-state index is 14.2. The van der Waals surface area contributed by atoms with Crippen LogP contribution in [0.25, 0.3) is 0 Å². The molecule has 1 amide bonds. The fraction of sp³-hybridized carbons (Fsp3) is 0.607.